The van der Waals surface area contributed by atoms with Crippen LogP contribution in [0.2, 0.25) is 0 Å². The largest absolute Gasteiger partial charge is 0.465 e. The van der Waals surface area contributed by atoms with Crippen molar-refractivity contribution in [2.75, 3.05) is 14.2 Å². The summed E-state index contributed by atoms with van der Waals surface area (Å²) in [6.07, 6.45) is 0.532. The summed E-state index contributed by atoms with van der Waals surface area (Å²) < 4.78 is 9.56. The molecular formula is C24H22N2O4. The van der Waals surface area contributed by atoms with Crippen LogP contribution in [0.5, 0.6) is 0 Å². The lowest BCUT2D eigenvalue weighted by Crippen LogP contribution is -2.08. The summed E-state index contributed by atoms with van der Waals surface area (Å²) >= 11 is 0. The number of aryl methyl sites for hydroxylation is 1. The smallest absolute Gasteiger partial charge is 0.337 e. The van der Waals surface area contributed by atoms with Gasteiger partial charge in [-0.3, -0.25) is 0 Å². The summed E-state index contributed by atoms with van der Waals surface area (Å²) in [5.74, 6) is -1.01. The molecule has 0 spiro atoms. The molecule has 0 aromatic heterocycles. The number of hydrogen-bond acceptors (Lipinski definition) is 6. The highest BCUT2D eigenvalue weighted by Gasteiger charge is 2.14. The predicted molar refractivity (Wildman–Crippen MR) is 114 cm³/mol. The maximum atomic E-state index is 11.9. The Balaban J connectivity index is 1.78. The number of rotatable bonds is 6. The third kappa shape index (κ3) is 5.38. The van der Waals surface area contributed by atoms with Gasteiger partial charge in [-0.05, 0) is 66.9 Å². The lowest BCUT2D eigenvalue weighted by Gasteiger charge is -2.08. The Kier molecular flexibility index (Phi) is 6.70. The van der Waals surface area contributed by atoms with Gasteiger partial charge in [0.25, 0.3) is 0 Å². The van der Waals surface area contributed by atoms with Gasteiger partial charge in [-0.25, -0.2) is 9.59 Å². The number of ether oxygens (including phenoxy) is 2. The molecule has 0 aliphatic carbocycles. The first-order valence-electron chi connectivity index (χ1n) is 9.36. The highest BCUT2D eigenvalue weighted by molar-refractivity contribution is 5.95. The van der Waals surface area contributed by atoms with Crippen LogP contribution in [0, 0.1) is 6.92 Å². The van der Waals surface area contributed by atoms with Gasteiger partial charge in [-0.15, -0.1) is 0 Å². The van der Waals surface area contributed by atoms with Crippen molar-refractivity contribution in [1.82, 2.24) is 0 Å². The van der Waals surface area contributed by atoms with Crippen molar-refractivity contribution in [2.24, 2.45) is 10.2 Å². The van der Waals surface area contributed by atoms with Crippen LogP contribution in [0.4, 0.5) is 11.4 Å². The quantitative estimate of drug-likeness (QED) is 0.399. The Morgan fingerprint density at radius 2 is 1.17 bits per heavy atom. The van der Waals surface area contributed by atoms with Crippen LogP contribution in [0.3, 0.4) is 0 Å². The average molecular weight is 402 g/mol. The number of hydrogen-bond donors (Lipinski definition) is 0. The normalized spacial score (nSPS) is 10.8. The molecule has 0 radical (unpaired) electrons. The number of esters is 2. The summed E-state index contributed by atoms with van der Waals surface area (Å²) in [7, 11) is 2.60. The Labute approximate surface area is 175 Å². The van der Waals surface area contributed by atoms with E-state index in [9.17, 15) is 9.59 Å². The van der Waals surface area contributed by atoms with Gasteiger partial charge in [0.15, 0.2) is 0 Å². The predicted octanol–water partition coefficient (Wildman–Crippen LogP) is 5.57. The summed E-state index contributed by atoms with van der Waals surface area (Å²) in [6, 6.07) is 20.3. The van der Waals surface area contributed by atoms with Crippen LogP contribution in [0.1, 0.15) is 37.4 Å². The fourth-order valence-electron chi connectivity index (χ4n) is 2.91. The zero-order valence-electron chi connectivity index (χ0n) is 17.1. The van der Waals surface area contributed by atoms with Crippen molar-refractivity contribution in [3.63, 3.8) is 0 Å². The van der Waals surface area contributed by atoms with Crippen LogP contribution < -0.4 is 0 Å². The fourth-order valence-corrected chi connectivity index (χ4v) is 2.91. The summed E-state index contributed by atoms with van der Waals surface area (Å²) in [6.45, 7) is 2.02. The monoisotopic (exact) mass is 402 g/mol. The summed E-state index contributed by atoms with van der Waals surface area (Å²) in [5.41, 5.74) is 5.11. The third-order valence-electron chi connectivity index (χ3n) is 4.49. The van der Waals surface area contributed by atoms with Gasteiger partial charge >= 0.3 is 11.9 Å². The zero-order valence-corrected chi connectivity index (χ0v) is 17.1. The Hall–Kier alpha value is -3.80. The molecule has 30 heavy (non-hydrogen) atoms. The molecule has 0 unspecified atom stereocenters. The number of carbonyl (C=O) groups excluding carboxylic acids is 2. The van der Waals surface area contributed by atoms with Crippen LogP contribution in [0.15, 0.2) is 77.0 Å². The lowest BCUT2D eigenvalue weighted by molar-refractivity contribution is 0.0599. The molecular weight excluding hydrogens is 380 g/mol. The van der Waals surface area contributed by atoms with Gasteiger partial charge in [0, 0.05) is 0 Å². The highest BCUT2D eigenvalue weighted by atomic mass is 16.5. The molecule has 6 heteroatoms. The molecule has 0 aliphatic rings. The van der Waals surface area contributed by atoms with Crippen molar-refractivity contribution < 1.29 is 19.1 Å². The number of carbonyl (C=O) groups is 2. The molecule has 152 valence electrons. The van der Waals surface area contributed by atoms with Gasteiger partial charge in [0.1, 0.15) is 0 Å². The average Bonchev–Trinajstić information content (AvgIpc) is 2.78. The molecule has 3 aromatic carbocycles. The van der Waals surface area contributed by atoms with Gasteiger partial charge in [-0.1, -0.05) is 29.8 Å². The van der Waals surface area contributed by atoms with E-state index in [-0.39, 0.29) is 0 Å². The van der Waals surface area contributed by atoms with E-state index in [1.165, 1.54) is 25.8 Å². The van der Waals surface area contributed by atoms with E-state index in [1.54, 1.807) is 12.1 Å². The highest BCUT2D eigenvalue weighted by Crippen LogP contribution is 2.21. The fraction of sp³-hybridized carbons (Fsp3) is 0.167. The van der Waals surface area contributed by atoms with Crippen LogP contribution in [-0.2, 0) is 15.9 Å². The minimum absolute atomic E-state index is 0.305. The van der Waals surface area contributed by atoms with Gasteiger partial charge in [0.2, 0.25) is 0 Å². The van der Waals surface area contributed by atoms with Gasteiger partial charge in [0.05, 0.1) is 36.7 Å². The first kappa shape index (κ1) is 20.9. The van der Waals surface area contributed by atoms with E-state index >= 15 is 0 Å². The molecule has 0 heterocycles. The Morgan fingerprint density at radius 1 is 0.700 bits per heavy atom. The molecule has 0 saturated heterocycles. The topological polar surface area (TPSA) is 77.3 Å². The molecule has 0 saturated carbocycles. The van der Waals surface area contributed by atoms with Crippen LogP contribution in [0.25, 0.3) is 0 Å². The van der Waals surface area contributed by atoms with Crippen molar-refractivity contribution in [3.05, 3.63) is 94.5 Å². The minimum atomic E-state index is -0.506. The maximum Gasteiger partial charge on any atom is 0.337 e. The standard InChI is InChI=1S/C24H22N2O4/c1-16-4-8-21(9-5-16)25-26-22-10-6-17(7-11-22)12-18-13-19(23(27)29-2)15-20(14-18)24(28)30-3/h4-11,13-15H,12H2,1-3H3. The third-order valence-corrected chi connectivity index (χ3v) is 4.49. The maximum absolute atomic E-state index is 11.9. The number of methoxy groups -OCH3 is 2. The van der Waals surface area contributed by atoms with E-state index in [4.69, 9.17) is 9.47 Å². The molecule has 6 nitrogen and oxygen atoms in total. The molecule has 3 aromatic rings. The zero-order chi connectivity index (χ0) is 21.5. The molecule has 0 bridgehead atoms. The van der Waals surface area contributed by atoms with E-state index in [0.717, 1.165) is 22.5 Å². The van der Waals surface area contributed by atoms with E-state index in [1.807, 2.05) is 55.5 Å². The second-order valence-corrected chi connectivity index (χ2v) is 6.78. The molecule has 0 atom stereocenters. The van der Waals surface area contributed by atoms with Crippen molar-refractivity contribution >= 4 is 23.3 Å². The Morgan fingerprint density at radius 3 is 1.63 bits per heavy atom. The second-order valence-electron chi connectivity index (χ2n) is 6.78. The van der Waals surface area contributed by atoms with Crippen molar-refractivity contribution in [3.8, 4) is 0 Å². The molecule has 0 fully saturated rings. The number of benzene rings is 3. The van der Waals surface area contributed by atoms with E-state index in [2.05, 4.69) is 10.2 Å². The first-order chi connectivity index (χ1) is 14.5. The first-order valence-corrected chi connectivity index (χ1v) is 9.36. The number of azo groups is 1. The lowest BCUT2D eigenvalue weighted by atomic mass is 9.99. The number of nitrogens with zero attached hydrogens (tertiary/aromatic N) is 2. The summed E-state index contributed by atoms with van der Waals surface area (Å²) in [4.78, 5) is 23.9. The molecule has 0 N–H and O–H groups in total. The SMILES string of the molecule is COC(=O)c1cc(Cc2ccc(N=Nc3ccc(C)cc3)cc2)cc(C(=O)OC)c1. The van der Waals surface area contributed by atoms with Crippen LogP contribution in [-0.4, -0.2) is 26.2 Å². The molecule has 0 amide bonds. The molecule has 3 rings (SSSR count). The minimum Gasteiger partial charge on any atom is -0.465 e. The Bertz CT molecular complexity index is 1040. The second kappa shape index (κ2) is 9.60. The molecule has 0 aliphatic heterocycles. The van der Waals surface area contributed by atoms with Gasteiger partial charge < -0.3 is 9.47 Å². The van der Waals surface area contributed by atoms with E-state index < -0.39 is 11.9 Å². The van der Waals surface area contributed by atoms with Crippen LogP contribution >= 0.6 is 0 Å². The van der Waals surface area contributed by atoms with Crippen molar-refractivity contribution in [2.45, 2.75) is 13.3 Å². The van der Waals surface area contributed by atoms with Crippen molar-refractivity contribution in [1.29, 1.82) is 0 Å². The van der Waals surface area contributed by atoms with E-state index in [0.29, 0.717) is 17.5 Å². The summed E-state index contributed by atoms with van der Waals surface area (Å²) in [5, 5.41) is 8.49. The van der Waals surface area contributed by atoms with Gasteiger partial charge in [-0.2, -0.15) is 10.2 Å².